The van der Waals surface area contributed by atoms with E-state index in [4.69, 9.17) is 9.84 Å². The van der Waals surface area contributed by atoms with E-state index in [0.717, 1.165) is 17.0 Å². The van der Waals surface area contributed by atoms with Gasteiger partial charge in [0, 0.05) is 25.2 Å². The zero-order valence-corrected chi connectivity index (χ0v) is 14.5. The van der Waals surface area contributed by atoms with E-state index in [1.807, 2.05) is 0 Å². The number of carboxylic acids is 1. The van der Waals surface area contributed by atoms with Crippen molar-refractivity contribution in [3.05, 3.63) is 23.8 Å². The van der Waals surface area contributed by atoms with Gasteiger partial charge in [0.15, 0.2) is 21.5 Å². The van der Waals surface area contributed by atoms with E-state index in [-0.39, 0.29) is 36.0 Å². The van der Waals surface area contributed by atoms with Crippen molar-refractivity contribution in [3.8, 4) is 0 Å². The maximum absolute atomic E-state index is 14.5. The Morgan fingerprint density at radius 1 is 1.23 bits per heavy atom. The van der Waals surface area contributed by atoms with E-state index >= 15 is 0 Å². The van der Waals surface area contributed by atoms with Crippen molar-refractivity contribution >= 4 is 33.3 Å². The van der Waals surface area contributed by atoms with Gasteiger partial charge in [-0.3, -0.25) is 4.90 Å². The molecular formula is C15H16F2N2O6S. The first-order chi connectivity index (χ1) is 12.1. The highest BCUT2D eigenvalue weighted by molar-refractivity contribution is 7.91. The van der Waals surface area contributed by atoms with Crippen LogP contribution in [0.5, 0.6) is 0 Å². The smallest absolute Gasteiger partial charge is 0.415 e. The van der Waals surface area contributed by atoms with Gasteiger partial charge in [-0.25, -0.2) is 26.8 Å². The maximum Gasteiger partial charge on any atom is 0.415 e. The standard InChI is InChI=1S/C15H16F2N2O6S/c1-8-13(14(20)21)25-15(22)19(8)9-6-10(16)12(11(17)7-9)18-2-4-26(23,24)5-3-18/h6-8,13H,2-5H2,1H3,(H,20,21)/t8?,13-/m1/s1. The molecule has 8 nitrogen and oxygen atoms in total. The summed E-state index contributed by atoms with van der Waals surface area (Å²) in [4.78, 5) is 25.1. The monoisotopic (exact) mass is 390 g/mol. The van der Waals surface area contributed by atoms with E-state index < -0.39 is 45.7 Å². The average molecular weight is 390 g/mol. The number of cyclic esters (lactones) is 1. The topological polar surface area (TPSA) is 104 Å². The van der Waals surface area contributed by atoms with Crippen molar-refractivity contribution in [1.29, 1.82) is 0 Å². The largest absolute Gasteiger partial charge is 0.478 e. The first-order valence-electron chi connectivity index (χ1n) is 7.78. The van der Waals surface area contributed by atoms with Crippen LogP contribution in [-0.4, -0.2) is 62.3 Å². The Hall–Kier alpha value is -2.43. The number of benzene rings is 1. The molecule has 0 radical (unpaired) electrons. The molecule has 2 atom stereocenters. The number of hydrogen-bond donors (Lipinski definition) is 1. The predicted molar refractivity (Wildman–Crippen MR) is 87.1 cm³/mol. The Labute approximate surface area is 147 Å². The van der Waals surface area contributed by atoms with Crippen LogP contribution in [-0.2, 0) is 19.4 Å². The van der Waals surface area contributed by atoms with Crippen molar-refractivity contribution in [2.24, 2.45) is 0 Å². The number of anilines is 2. The van der Waals surface area contributed by atoms with Crippen LogP contribution in [0.15, 0.2) is 12.1 Å². The minimum atomic E-state index is -3.21. The number of carbonyl (C=O) groups is 2. The van der Waals surface area contributed by atoms with Crippen LogP contribution in [0.3, 0.4) is 0 Å². The Balaban J connectivity index is 1.91. The number of hydrogen-bond acceptors (Lipinski definition) is 6. The van der Waals surface area contributed by atoms with Crippen LogP contribution >= 0.6 is 0 Å². The van der Waals surface area contributed by atoms with Gasteiger partial charge in [-0.05, 0) is 6.92 Å². The van der Waals surface area contributed by atoms with Crippen LogP contribution in [0.25, 0.3) is 0 Å². The second-order valence-electron chi connectivity index (χ2n) is 6.15. The number of rotatable bonds is 3. The van der Waals surface area contributed by atoms with Gasteiger partial charge in [-0.2, -0.15) is 0 Å². The first kappa shape index (κ1) is 18.4. The first-order valence-corrected chi connectivity index (χ1v) is 9.60. The van der Waals surface area contributed by atoms with Gasteiger partial charge in [0.1, 0.15) is 5.69 Å². The van der Waals surface area contributed by atoms with Crippen molar-refractivity contribution in [3.63, 3.8) is 0 Å². The molecule has 0 aromatic heterocycles. The number of amides is 1. The third-order valence-corrected chi connectivity index (χ3v) is 6.06. The fourth-order valence-corrected chi connectivity index (χ4v) is 4.29. The lowest BCUT2D eigenvalue weighted by atomic mass is 10.1. The molecule has 11 heteroatoms. The van der Waals surface area contributed by atoms with Crippen molar-refractivity contribution in [2.75, 3.05) is 34.4 Å². The highest BCUT2D eigenvalue weighted by Gasteiger charge is 2.44. The van der Waals surface area contributed by atoms with Crippen LogP contribution < -0.4 is 9.80 Å². The molecule has 1 aromatic carbocycles. The summed E-state index contributed by atoms with van der Waals surface area (Å²) >= 11 is 0. The normalized spacial score (nSPS) is 25.3. The Bertz CT molecular complexity index is 838. The third kappa shape index (κ3) is 3.18. The van der Waals surface area contributed by atoms with E-state index in [1.165, 1.54) is 11.8 Å². The van der Waals surface area contributed by atoms with Crippen LogP contribution in [0, 0.1) is 11.6 Å². The van der Waals surface area contributed by atoms with Gasteiger partial charge in [0.05, 0.1) is 23.2 Å². The molecule has 2 fully saturated rings. The van der Waals surface area contributed by atoms with Crippen molar-refractivity contribution < 1.29 is 36.6 Å². The third-order valence-electron chi connectivity index (χ3n) is 4.45. The maximum atomic E-state index is 14.5. The van der Waals surface area contributed by atoms with Gasteiger partial charge in [-0.1, -0.05) is 0 Å². The fraction of sp³-hybridized carbons (Fsp3) is 0.467. The highest BCUT2D eigenvalue weighted by Crippen LogP contribution is 2.33. The SMILES string of the molecule is CC1[C@H](C(=O)O)OC(=O)N1c1cc(F)c(N2CCS(=O)(=O)CC2)c(F)c1. The van der Waals surface area contributed by atoms with Crippen LogP contribution in [0.1, 0.15) is 6.92 Å². The zero-order valence-electron chi connectivity index (χ0n) is 13.7. The number of sulfone groups is 1. The molecule has 0 bridgehead atoms. The summed E-state index contributed by atoms with van der Waals surface area (Å²) in [6, 6.07) is 0.859. The molecule has 142 valence electrons. The minimum absolute atomic E-state index is 0.0429. The van der Waals surface area contributed by atoms with E-state index in [9.17, 15) is 26.8 Å². The quantitative estimate of drug-likeness (QED) is 0.821. The number of halogens is 2. The van der Waals surface area contributed by atoms with Gasteiger partial charge < -0.3 is 14.7 Å². The molecule has 0 spiro atoms. The molecule has 0 saturated carbocycles. The Morgan fingerprint density at radius 3 is 2.23 bits per heavy atom. The molecule has 2 aliphatic heterocycles. The summed E-state index contributed by atoms with van der Waals surface area (Å²) in [6.45, 7) is 1.31. The molecule has 1 N–H and O–H groups in total. The number of aliphatic carboxylic acids is 1. The molecule has 1 aromatic rings. The lowest BCUT2D eigenvalue weighted by Crippen LogP contribution is -2.41. The summed E-state index contributed by atoms with van der Waals surface area (Å²) in [5.74, 6) is -3.72. The van der Waals surface area contributed by atoms with Crippen LogP contribution in [0.2, 0.25) is 0 Å². The lowest BCUT2D eigenvalue weighted by molar-refractivity contribution is -0.145. The average Bonchev–Trinajstić information content (AvgIpc) is 2.83. The number of carboxylic acid groups (broad SMARTS) is 1. The molecule has 0 aliphatic carbocycles. The van der Waals surface area contributed by atoms with Gasteiger partial charge in [-0.15, -0.1) is 0 Å². The molecule has 2 aliphatic rings. The second kappa shape index (κ2) is 6.38. The molecule has 1 amide bonds. The van der Waals surface area contributed by atoms with E-state index in [1.54, 1.807) is 0 Å². The summed E-state index contributed by atoms with van der Waals surface area (Å²) < 4.78 is 56.7. The summed E-state index contributed by atoms with van der Waals surface area (Å²) in [6.07, 6.45) is -2.46. The number of carbonyl (C=O) groups excluding carboxylic acids is 1. The second-order valence-corrected chi connectivity index (χ2v) is 8.45. The summed E-state index contributed by atoms with van der Waals surface area (Å²) in [5, 5.41) is 9.02. The summed E-state index contributed by atoms with van der Waals surface area (Å²) in [7, 11) is -3.21. The fourth-order valence-electron chi connectivity index (χ4n) is 3.09. The van der Waals surface area contributed by atoms with Crippen molar-refractivity contribution in [2.45, 2.75) is 19.1 Å². The van der Waals surface area contributed by atoms with Crippen LogP contribution in [0.4, 0.5) is 25.0 Å². The molecule has 3 rings (SSSR count). The molecule has 2 saturated heterocycles. The Kier molecular flexibility index (Phi) is 4.51. The van der Waals surface area contributed by atoms with Crippen molar-refractivity contribution in [1.82, 2.24) is 0 Å². The number of ether oxygens (including phenoxy) is 1. The molecule has 2 heterocycles. The Morgan fingerprint density at radius 2 is 1.77 bits per heavy atom. The number of nitrogens with zero attached hydrogens (tertiary/aromatic N) is 2. The minimum Gasteiger partial charge on any atom is -0.478 e. The molecule has 26 heavy (non-hydrogen) atoms. The predicted octanol–water partition coefficient (Wildman–Crippen LogP) is 0.998. The van der Waals surface area contributed by atoms with E-state index in [2.05, 4.69) is 0 Å². The highest BCUT2D eigenvalue weighted by atomic mass is 32.2. The van der Waals surface area contributed by atoms with Gasteiger partial charge in [0.25, 0.3) is 0 Å². The van der Waals surface area contributed by atoms with Gasteiger partial charge in [0.2, 0.25) is 6.10 Å². The van der Waals surface area contributed by atoms with Gasteiger partial charge >= 0.3 is 12.1 Å². The lowest BCUT2D eigenvalue weighted by Gasteiger charge is -2.30. The van der Waals surface area contributed by atoms with E-state index in [0.29, 0.717) is 0 Å². The zero-order chi connectivity index (χ0) is 19.2. The molecule has 1 unspecified atom stereocenters. The summed E-state index contributed by atoms with van der Waals surface area (Å²) in [5.41, 5.74) is -0.548. The molecular weight excluding hydrogens is 374 g/mol.